The Labute approximate surface area is 106 Å². The largest absolute Gasteiger partial charge is 0.298 e. The van der Waals surface area contributed by atoms with Crippen LogP contribution in [0.4, 0.5) is 0 Å². The standard InChI is InChI=1S/C15H27NO/c1-3-4-5-6-8-11-15(14(2)17)16-12-9-7-10-13-16/h3,15H,1,4-13H2,2H3/t15-/m0/s1. The van der Waals surface area contributed by atoms with Crippen molar-refractivity contribution in [3.05, 3.63) is 12.7 Å². The number of Topliss-reactive ketones (excluding diaryl/α,β-unsaturated/α-hetero) is 1. The molecule has 0 radical (unpaired) electrons. The fourth-order valence-electron chi connectivity index (χ4n) is 2.68. The van der Waals surface area contributed by atoms with Crippen molar-refractivity contribution in [3.8, 4) is 0 Å². The van der Waals surface area contributed by atoms with Crippen LogP contribution in [-0.2, 0) is 4.79 Å². The molecule has 0 saturated carbocycles. The third-order valence-corrected chi connectivity index (χ3v) is 3.69. The minimum atomic E-state index is 0.194. The lowest BCUT2D eigenvalue weighted by atomic mass is 10.00. The van der Waals surface area contributed by atoms with Crippen molar-refractivity contribution in [3.63, 3.8) is 0 Å². The highest BCUT2D eigenvalue weighted by Gasteiger charge is 2.23. The van der Waals surface area contributed by atoms with Gasteiger partial charge in [-0.3, -0.25) is 9.69 Å². The van der Waals surface area contributed by atoms with Gasteiger partial charge in [0, 0.05) is 0 Å². The molecule has 1 rings (SSSR count). The fraction of sp³-hybridized carbons (Fsp3) is 0.800. The van der Waals surface area contributed by atoms with Crippen LogP contribution in [0.25, 0.3) is 0 Å². The Morgan fingerprint density at radius 1 is 1.24 bits per heavy atom. The zero-order valence-corrected chi connectivity index (χ0v) is 11.3. The van der Waals surface area contributed by atoms with Gasteiger partial charge in [-0.05, 0) is 52.1 Å². The molecule has 0 bridgehead atoms. The summed E-state index contributed by atoms with van der Waals surface area (Å²) in [5.74, 6) is 0.357. The van der Waals surface area contributed by atoms with Crippen LogP contribution in [0.3, 0.4) is 0 Å². The third kappa shape index (κ3) is 5.49. The van der Waals surface area contributed by atoms with E-state index in [2.05, 4.69) is 11.5 Å². The number of unbranched alkanes of at least 4 members (excludes halogenated alkanes) is 3. The summed E-state index contributed by atoms with van der Waals surface area (Å²) in [4.78, 5) is 14.1. The van der Waals surface area contributed by atoms with E-state index >= 15 is 0 Å². The van der Waals surface area contributed by atoms with Crippen molar-refractivity contribution < 1.29 is 4.79 Å². The van der Waals surface area contributed by atoms with E-state index in [-0.39, 0.29) is 6.04 Å². The van der Waals surface area contributed by atoms with Gasteiger partial charge in [-0.1, -0.05) is 25.3 Å². The number of ketones is 1. The Balaban J connectivity index is 2.27. The summed E-state index contributed by atoms with van der Waals surface area (Å²) in [6, 6.07) is 0.194. The van der Waals surface area contributed by atoms with E-state index in [9.17, 15) is 4.79 Å². The molecule has 0 N–H and O–H groups in total. The minimum Gasteiger partial charge on any atom is -0.298 e. The molecule has 0 spiro atoms. The van der Waals surface area contributed by atoms with E-state index in [1.165, 1.54) is 38.5 Å². The number of piperidine rings is 1. The first-order valence-electron chi connectivity index (χ1n) is 7.11. The van der Waals surface area contributed by atoms with Gasteiger partial charge < -0.3 is 0 Å². The van der Waals surface area contributed by atoms with Crippen LogP contribution >= 0.6 is 0 Å². The summed E-state index contributed by atoms with van der Waals surface area (Å²) < 4.78 is 0. The number of carbonyl (C=O) groups excluding carboxylic acids is 1. The van der Waals surface area contributed by atoms with Crippen LogP contribution in [0.2, 0.25) is 0 Å². The predicted octanol–water partition coefficient (Wildman–Crippen LogP) is 3.57. The summed E-state index contributed by atoms with van der Waals surface area (Å²) in [5, 5.41) is 0. The van der Waals surface area contributed by atoms with Gasteiger partial charge in [0.05, 0.1) is 6.04 Å². The molecule has 1 aliphatic heterocycles. The first kappa shape index (κ1) is 14.4. The molecule has 0 unspecified atom stereocenters. The van der Waals surface area contributed by atoms with Crippen molar-refractivity contribution in [2.24, 2.45) is 0 Å². The van der Waals surface area contributed by atoms with E-state index in [0.29, 0.717) is 5.78 Å². The Hall–Kier alpha value is -0.630. The van der Waals surface area contributed by atoms with Crippen LogP contribution in [-0.4, -0.2) is 29.8 Å². The van der Waals surface area contributed by atoms with E-state index < -0.39 is 0 Å². The van der Waals surface area contributed by atoms with E-state index in [4.69, 9.17) is 0 Å². The number of rotatable bonds is 8. The van der Waals surface area contributed by atoms with Crippen molar-refractivity contribution in [1.82, 2.24) is 4.90 Å². The normalized spacial score (nSPS) is 18.9. The van der Waals surface area contributed by atoms with E-state index in [1.807, 2.05) is 6.08 Å². The first-order valence-corrected chi connectivity index (χ1v) is 7.11. The lowest BCUT2D eigenvalue weighted by molar-refractivity contribution is -0.122. The van der Waals surface area contributed by atoms with Crippen molar-refractivity contribution >= 4 is 5.78 Å². The first-order chi connectivity index (χ1) is 8.25. The molecule has 1 fully saturated rings. The SMILES string of the molecule is C=CCCCCC[C@@H](C(C)=O)N1CCCCC1. The van der Waals surface area contributed by atoms with E-state index in [0.717, 1.165) is 25.9 Å². The Morgan fingerprint density at radius 3 is 2.53 bits per heavy atom. The summed E-state index contributed by atoms with van der Waals surface area (Å²) in [6.07, 6.45) is 11.6. The maximum Gasteiger partial charge on any atom is 0.146 e. The van der Waals surface area contributed by atoms with Crippen molar-refractivity contribution in [2.75, 3.05) is 13.1 Å². The molecule has 0 aromatic carbocycles. The monoisotopic (exact) mass is 237 g/mol. The average molecular weight is 237 g/mol. The number of hydrogen-bond acceptors (Lipinski definition) is 2. The van der Waals surface area contributed by atoms with Gasteiger partial charge in [0.2, 0.25) is 0 Å². The summed E-state index contributed by atoms with van der Waals surface area (Å²) in [5.41, 5.74) is 0. The molecule has 1 saturated heterocycles. The highest BCUT2D eigenvalue weighted by Crippen LogP contribution is 2.17. The third-order valence-electron chi connectivity index (χ3n) is 3.69. The zero-order valence-electron chi connectivity index (χ0n) is 11.3. The molecule has 98 valence electrons. The van der Waals surface area contributed by atoms with Gasteiger partial charge in [-0.15, -0.1) is 6.58 Å². The van der Waals surface area contributed by atoms with Gasteiger partial charge in [0.15, 0.2) is 0 Å². The van der Waals surface area contributed by atoms with Crippen LogP contribution < -0.4 is 0 Å². The van der Waals surface area contributed by atoms with Crippen LogP contribution in [0.1, 0.15) is 58.3 Å². The number of allylic oxidation sites excluding steroid dienone is 1. The predicted molar refractivity (Wildman–Crippen MR) is 73.2 cm³/mol. The lowest BCUT2D eigenvalue weighted by Crippen LogP contribution is -2.43. The molecular formula is C15H27NO. The molecule has 1 atom stereocenters. The maximum absolute atomic E-state index is 11.7. The Bertz CT molecular complexity index is 231. The van der Waals surface area contributed by atoms with Gasteiger partial charge in [0.1, 0.15) is 5.78 Å². The second-order valence-corrected chi connectivity index (χ2v) is 5.15. The van der Waals surface area contributed by atoms with Crippen LogP contribution in [0.5, 0.6) is 0 Å². The van der Waals surface area contributed by atoms with Gasteiger partial charge >= 0.3 is 0 Å². The molecule has 0 aromatic rings. The molecule has 0 aromatic heterocycles. The number of nitrogens with zero attached hydrogens (tertiary/aromatic N) is 1. The van der Waals surface area contributed by atoms with Crippen LogP contribution in [0, 0.1) is 0 Å². The Morgan fingerprint density at radius 2 is 1.94 bits per heavy atom. The minimum absolute atomic E-state index is 0.194. The fourth-order valence-corrected chi connectivity index (χ4v) is 2.68. The molecule has 0 amide bonds. The molecular weight excluding hydrogens is 210 g/mol. The molecule has 1 aliphatic rings. The summed E-state index contributed by atoms with van der Waals surface area (Å²) >= 11 is 0. The summed E-state index contributed by atoms with van der Waals surface area (Å²) in [7, 11) is 0. The lowest BCUT2D eigenvalue weighted by Gasteiger charge is -2.33. The quantitative estimate of drug-likeness (QED) is 0.475. The topological polar surface area (TPSA) is 20.3 Å². The van der Waals surface area contributed by atoms with E-state index in [1.54, 1.807) is 6.92 Å². The number of carbonyl (C=O) groups is 1. The zero-order chi connectivity index (χ0) is 12.5. The average Bonchev–Trinajstić information content (AvgIpc) is 2.34. The number of likely N-dealkylation sites (tertiary alicyclic amines) is 1. The molecule has 0 aliphatic carbocycles. The van der Waals surface area contributed by atoms with Gasteiger partial charge in [-0.2, -0.15) is 0 Å². The molecule has 17 heavy (non-hydrogen) atoms. The van der Waals surface area contributed by atoms with Crippen molar-refractivity contribution in [1.29, 1.82) is 0 Å². The highest BCUT2D eigenvalue weighted by molar-refractivity contribution is 5.81. The van der Waals surface area contributed by atoms with Gasteiger partial charge in [0.25, 0.3) is 0 Å². The molecule has 2 nitrogen and oxygen atoms in total. The van der Waals surface area contributed by atoms with Gasteiger partial charge in [-0.25, -0.2) is 0 Å². The van der Waals surface area contributed by atoms with Crippen LogP contribution in [0.15, 0.2) is 12.7 Å². The second kappa shape index (κ2) is 8.46. The molecule has 1 heterocycles. The summed E-state index contributed by atoms with van der Waals surface area (Å²) in [6.45, 7) is 7.73. The van der Waals surface area contributed by atoms with Crippen molar-refractivity contribution in [2.45, 2.75) is 64.3 Å². The Kier molecular flexibility index (Phi) is 7.18. The second-order valence-electron chi connectivity index (χ2n) is 5.15. The molecule has 2 heteroatoms. The number of hydrogen-bond donors (Lipinski definition) is 0. The maximum atomic E-state index is 11.7. The highest BCUT2D eigenvalue weighted by atomic mass is 16.1. The smallest absolute Gasteiger partial charge is 0.146 e.